The molecular formula is C13H28N2O2. The van der Waals surface area contributed by atoms with E-state index >= 15 is 0 Å². The van der Waals surface area contributed by atoms with Gasteiger partial charge in [-0.3, -0.25) is 4.79 Å². The van der Waals surface area contributed by atoms with Gasteiger partial charge in [-0.2, -0.15) is 0 Å². The molecule has 0 aromatic carbocycles. The van der Waals surface area contributed by atoms with Crippen LogP contribution in [-0.2, 0) is 9.53 Å². The molecule has 0 aromatic rings. The molecule has 0 bridgehead atoms. The molecule has 0 heterocycles. The Morgan fingerprint density at radius 3 is 2.47 bits per heavy atom. The molecule has 0 radical (unpaired) electrons. The Bertz CT molecular complexity index is 219. The lowest BCUT2D eigenvalue weighted by Gasteiger charge is -2.28. The molecule has 0 fully saturated rings. The van der Waals surface area contributed by atoms with Crippen LogP contribution in [0.3, 0.4) is 0 Å². The lowest BCUT2D eigenvalue weighted by molar-refractivity contribution is -0.148. The van der Waals surface area contributed by atoms with E-state index in [-0.39, 0.29) is 5.97 Å². The zero-order valence-corrected chi connectivity index (χ0v) is 12.0. The van der Waals surface area contributed by atoms with Crippen molar-refractivity contribution in [2.24, 2.45) is 0 Å². The quantitative estimate of drug-likeness (QED) is 0.494. The number of nitrogens with zero attached hydrogens (tertiary/aromatic N) is 1. The summed E-state index contributed by atoms with van der Waals surface area (Å²) in [6.07, 6.45) is 4.20. The predicted octanol–water partition coefficient (Wildman–Crippen LogP) is 1.65. The lowest BCUT2D eigenvalue weighted by Crippen LogP contribution is -2.51. The minimum absolute atomic E-state index is 0.160. The minimum atomic E-state index is -0.542. The number of unbranched alkanes of at least 4 members (excludes halogenated alkanes) is 2. The monoisotopic (exact) mass is 244 g/mol. The molecule has 1 unspecified atom stereocenters. The van der Waals surface area contributed by atoms with E-state index in [4.69, 9.17) is 4.74 Å². The first kappa shape index (κ1) is 16.4. The Balaban J connectivity index is 4.24. The highest BCUT2D eigenvalue weighted by Crippen LogP contribution is 2.16. The van der Waals surface area contributed by atoms with E-state index in [1.165, 1.54) is 7.11 Å². The molecule has 0 saturated heterocycles. The molecule has 0 aromatic heterocycles. The van der Waals surface area contributed by atoms with Crippen molar-refractivity contribution < 1.29 is 9.53 Å². The Hall–Kier alpha value is -0.610. The normalized spacial score (nSPS) is 14.7. The van der Waals surface area contributed by atoms with Crippen LogP contribution in [0.25, 0.3) is 0 Å². The van der Waals surface area contributed by atoms with Gasteiger partial charge < -0.3 is 15.0 Å². The molecule has 0 aliphatic carbocycles. The summed E-state index contributed by atoms with van der Waals surface area (Å²) in [4.78, 5) is 13.9. The summed E-state index contributed by atoms with van der Waals surface area (Å²) >= 11 is 0. The average molecular weight is 244 g/mol. The van der Waals surface area contributed by atoms with Gasteiger partial charge in [0.2, 0.25) is 0 Å². The zero-order valence-electron chi connectivity index (χ0n) is 12.0. The molecule has 0 saturated carbocycles. The van der Waals surface area contributed by atoms with Gasteiger partial charge in [-0.1, -0.05) is 26.2 Å². The van der Waals surface area contributed by atoms with E-state index in [2.05, 4.69) is 17.1 Å². The molecule has 0 amide bonds. The van der Waals surface area contributed by atoms with Crippen LogP contribution in [0, 0.1) is 0 Å². The molecule has 4 heteroatoms. The van der Waals surface area contributed by atoms with Gasteiger partial charge in [0.05, 0.1) is 7.11 Å². The van der Waals surface area contributed by atoms with E-state index in [1.807, 2.05) is 21.0 Å². The SMILES string of the molecule is CCCCCC(C)(NCCN(C)C)C(=O)OC. The second-order valence-electron chi connectivity index (χ2n) is 5.01. The predicted molar refractivity (Wildman–Crippen MR) is 71.1 cm³/mol. The maximum atomic E-state index is 11.8. The summed E-state index contributed by atoms with van der Waals surface area (Å²) < 4.78 is 4.89. The molecule has 0 spiro atoms. The van der Waals surface area contributed by atoms with Crippen molar-refractivity contribution in [3.8, 4) is 0 Å². The van der Waals surface area contributed by atoms with Crippen LogP contribution in [0.5, 0.6) is 0 Å². The van der Waals surface area contributed by atoms with Crippen LogP contribution >= 0.6 is 0 Å². The first-order valence-electron chi connectivity index (χ1n) is 6.44. The fourth-order valence-corrected chi connectivity index (χ4v) is 1.77. The average Bonchev–Trinajstić information content (AvgIpc) is 2.27. The van der Waals surface area contributed by atoms with E-state index in [1.54, 1.807) is 0 Å². The maximum Gasteiger partial charge on any atom is 0.325 e. The largest absolute Gasteiger partial charge is 0.468 e. The fraction of sp³-hybridized carbons (Fsp3) is 0.923. The van der Waals surface area contributed by atoms with Crippen LogP contribution in [0.1, 0.15) is 39.5 Å². The van der Waals surface area contributed by atoms with Gasteiger partial charge in [0.15, 0.2) is 0 Å². The van der Waals surface area contributed by atoms with Crippen molar-refractivity contribution in [2.75, 3.05) is 34.3 Å². The second kappa shape index (κ2) is 8.48. The standard InChI is InChI=1S/C13H28N2O2/c1-6-7-8-9-13(2,12(16)17-5)14-10-11-15(3)4/h14H,6-11H2,1-5H3. The van der Waals surface area contributed by atoms with Gasteiger partial charge in [-0.15, -0.1) is 0 Å². The van der Waals surface area contributed by atoms with Crippen molar-refractivity contribution in [2.45, 2.75) is 45.1 Å². The lowest BCUT2D eigenvalue weighted by atomic mass is 9.94. The van der Waals surface area contributed by atoms with Gasteiger partial charge >= 0.3 is 5.97 Å². The third-order valence-electron chi connectivity index (χ3n) is 2.99. The first-order chi connectivity index (χ1) is 7.96. The molecule has 17 heavy (non-hydrogen) atoms. The zero-order chi connectivity index (χ0) is 13.3. The number of hydrogen-bond acceptors (Lipinski definition) is 4. The molecule has 0 aliphatic heterocycles. The van der Waals surface area contributed by atoms with E-state index in [9.17, 15) is 4.79 Å². The van der Waals surface area contributed by atoms with Gasteiger partial charge in [-0.05, 0) is 27.4 Å². The molecule has 102 valence electrons. The van der Waals surface area contributed by atoms with Crippen LogP contribution in [-0.4, -0.2) is 50.7 Å². The summed E-state index contributed by atoms with van der Waals surface area (Å²) in [5.74, 6) is -0.160. The summed E-state index contributed by atoms with van der Waals surface area (Å²) in [5.41, 5.74) is -0.542. The highest BCUT2D eigenvalue weighted by molar-refractivity contribution is 5.80. The van der Waals surface area contributed by atoms with Crippen molar-refractivity contribution in [3.63, 3.8) is 0 Å². The topological polar surface area (TPSA) is 41.6 Å². The number of nitrogens with one attached hydrogen (secondary N) is 1. The van der Waals surface area contributed by atoms with Gasteiger partial charge in [0.25, 0.3) is 0 Å². The van der Waals surface area contributed by atoms with Crippen molar-refractivity contribution in [1.82, 2.24) is 10.2 Å². The summed E-state index contributed by atoms with van der Waals surface area (Å²) in [5, 5.41) is 3.32. The highest BCUT2D eigenvalue weighted by atomic mass is 16.5. The number of hydrogen-bond donors (Lipinski definition) is 1. The Labute approximate surface area is 106 Å². The van der Waals surface area contributed by atoms with Crippen LogP contribution in [0.2, 0.25) is 0 Å². The molecular weight excluding hydrogens is 216 g/mol. The minimum Gasteiger partial charge on any atom is -0.468 e. The number of esters is 1. The van der Waals surface area contributed by atoms with E-state index < -0.39 is 5.54 Å². The number of ether oxygens (including phenoxy) is 1. The second-order valence-corrected chi connectivity index (χ2v) is 5.01. The number of carbonyl (C=O) groups excluding carboxylic acids is 1. The van der Waals surface area contributed by atoms with Gasteiger partial charge in [0, 0.05) is 13.1 Å². The van der Waals surface area contributed by atoms with Gasteiger partial charge in [-0.25, -0.2) is 0 Å². The number of methoxy groups -OCH3 is 1. The molecule has 0 rings (SSSR count). The fourth-order valence-electron chi connectivity index (χ4n) is 1.77. The number of likely N-dealkylation sites (N-methyl/N-ethyl adjacent to an activating group) is 1. The maximum absolute atomic E-state index is 11.8. The van der Waals surface area contributed by atoms with E-state index in [0.717, 1.165) is 38.8 Å². The van der Waals surface area contributed by atoms with Crippen LogP contribution < -0.4 is 5.32 Å². The molecule has 1 N–H and O–H groups in total. The molecule has 4 nitrogen and oxygen atoms in total. The third-order valence-corrected chi connectivity index (χ3v) is 2.99. The van der Waals surface area contributed by atoms with Crippen molar-refractivity contribution in [1.29, 1.82) is 0 Å². The Morgan fingerprint density at radius 1 is 1.35 bits per heavy atom. The van der Waals surface area contributed by atoms with Crippen LogP contribution in [0.4, 0.5) is 0 Å². The Morgan fingerprint density at radius 2 is 2.00 bits per heavy atom. The van der Waals surface area contributed by atoms with Crippen molar-refractivity contribution >= 4 is 5.97 Å². The highest BCUT2D eigenvalue weighted by Gasteiger charge is 2.32. The Kier molecular flexibility index (Phi) is 8.17. The molecule has 0 aliphatic rings. The first-order valence-corrected chi connectivity index (χ1v) is 6.44. The van der Waals surface area contributed by atoms with Crippen molar-refractivity contribution in [3.05, 3.63) is 0 Å². The smallest absolute Gasteiger partial charge is 0.325 e. The van der Waals surface area contributed by atoms with E-state index in [0.29, 0.717) is 0 Å². The third kappa shape index (κ3) is 6.64. The summed E-state index contributed by atoms with van der Waals surface area (Å²) in [7, 11) is 5.50. The summed E-state index contributed by atoms with van der Waals surface area (Å²) in [6, 6.07) is 0. The number of carbonyl (C=O) groups is 1. The molecule has 1 atom stereocenters. The van der Waals surface area contributed by atoms with Gasteiger partial charge in [0.1, 0.15) is 5.54 Å². The summed E-state index contributed by atoms with van der Waals surface area (Å²) in [6.45, 7) is 5.81. The van der Waals surface area contributed by atoms with Crippen LogP contribution in [0.15, 0.2) is 0 Å². The number of rotatable bonds is 9.